The molecule has 0 aromatic heterocycles. The van der Waals surface area contributed by atoms with E-state index in [0.717, 1.165) is 0 Å². The number of carbonyl (C=O) groups excluding carboxylic acids is 2. The Bertz CT molecular complexity index is 641. The number of hydrogen-bond acceptors (Lipinski definition) is 4. The summed E-state index contributed by atoms with van der Waals surface area (Å²) in [7, 11) is 1.29. The van der Waals surface area contributed by atoms with Crippen molar-refractivity contribution >= 4 is 17.6 Å². The van der Waals surface area contributed by atoms with Gasteiger partial charge in [0.2, 0.25) is 5.91 Å². The number of ether oxygens (including phenoxy) is 1. The highest BCUT2D eigenvalue weighted by Crippen LogP contribution is 2.18. The van der Waals surface area contributed by atoms with Crippen LogP contribution in [-0.4, -0.2) is 19.0 Å². The molecule has 0 spiro atoms. The summed E-state index contributed by atoms with van der Waals surface area (Å²) in [5, 5.41) is 2.66. The van der Waals surface area contributed by atoms with Gasteiger partial charge in [-0.25, -0.2) is 4.79 Å². The number of hydrogen-bond donors (Lipinski definition) is 2. The lowest BCUT2D eigenvalue weighted by atomic mass is 10.1. The van der Waals surface area contributed by atoms with E-state index in [0.29, 0.717) is 11.3 Å². The Morgan fingerprint density at radius 2 is 1.67 bits per heavy atom. The molecule has 1 amide bonds. The first-order chi connectivity index (χ1) is 10.1. The van der Waals surface area contributed by atoms with Crippen molar-refractivity contribution < 1.29 is 14.3 Å². The van der Waals surface area contributed by atoms with Crippen LogP contribution in [0.1, 0.15) is 22.0 Å². The molecule has 0 saturated carbocycles. The maximum absolute atomic E-state index is 12.2. The molecule has 2 rings (SSSR count). The number of para-hydroxylation sites is 1. The van der Waals surface area contributed by atoms with Crippen molar-refractivity contribution in [1.82, 2.24) is 0 Å². The highest BCUT2D eigenvalue weighted by molar-refractivity contribution is 6.02. The molecule has 3 N–H and O–H groups in total. The summed E-state index contributed by atoms with van der Waals surface area (Å²) in [6.45, 7) is 0. The van der Waals surface area contributed by atoms with Gasteiger partial charge in [0, 0.05) is 0 Å². The standard InChI is InChI=1S/C16H16N2O3/c1-21-16(20)12-9-5-6-10-13(12)18-15(19)14(17)11-7-3-2-4-8-11/h2-10,14H,17H2,1H3,(H,18,19). The first-order valence-corrected chi connectivity index (χ1v) is 6.42. The van der Waals surface area contributed by atoms with Gasteiger partial charge in [-0.05, 0) is 17.7 Å². The lowest BCUT2D eigenvalue weighted by Crippen LogP contribution is -2.28. The zero-order chi connectivity index (χ0) is 15.2. The van der Waals surface area contributed by atoms with E-state index in [9.17, 15) is 9.59 Å². The molecule has 0 radical (unpaired) electrons. The van der Waals surface area contributed by atoms with Crippen LogP contribution in [0.4, 0.5) is 5.69 Å². The largest absolute Gasteiger partial charge is 0.465 e. The summed E-state index contributed by atoms with van der Waals surface area (Å²) in [6, 6.07) is 14.8. The fourth-order valence-corrected chi connectivity index (χ4v) is 1.90. The molecule has 1 unspecified atom stereocenters. The number of esters is 1. The quantitative estimate of drug-likeness (QED) is 0.842. The number of methoxy groups -OCH3 is 1. The SMILES string of the molecule is COC(=O)c1ccccc1NC(=O)C(N)c1ccccc1. The highest BCUT2D eigenvalue weighted by Gasteiger charge is 2.18. The molecule has 0 aliphatic heterocycles. The predicted molar refractivity (Wildman–Crippen MR) is 79.8 cm³/mol. The Labute approximate surface area is 122 Å². The number of nitrogens with two attached hydrogens (primary N) is 1. The number of nitrogens with one attached hydrogen (secondary N) is 1. The number of rotatable bonds is 4. The Morgan fingerprint density at radius 3 is 2.33 bits per heavy atom. The number of anilines is 1. The molecular weight excluding hydrogens is 268 g/mol. The molecule has 2 aromatic carbocycles. The third kappa shape index (κ3) is 3.46. The molecule has 1 atom stereocenters. The molecule has 0 aliphatic carbocycles. The third-order valence-corrected chi connectivity index (χ3v) is 3.03. The van der Waals surface area contributed by atoms with Crippen molar-refractivity contribution in [1.29, 1.82) is 0 Å². The fourth-order valence-electron chi connectivity index (χ4n) is 1.90. The van der Waals surface area contributed by atoms with Crippen LogP contribution in [0.5, 0.6) is 0 Å². The summed E-state index contributed by atoms with van der Waals surface area (Å²) < 4.78 is 4.68. The van der Waals surface area contributed by atoms with Crippen molar-refractivity contribution in [3.63, 3.8) is 0 Å². The second-order valence-corrected chi connectivity index (χ2v) is 4.41. The first-order valence-electron chi connectivity index (χ1n) is 6.42. The maximum Gasteiger partial charge on any atom is 0.339 e. The van der Waals surface area contributed by atoms with E-state index in [2.05, 4.69) is 10.1 Å². The molecule has 108 valence electrons. The monoisotopic (exact) mass is 284 g/mol. The van der Waals surface area contributed by atoms with Crippen LogP contribution in [-0.2, 0) is 9.53 Å². The Kier molecular flexibility index (Phi) is 4.68. The van der Waals surface area contributed by atoms with Crippen molar-refractivity contribution in [2.75, 3.05) is 12.4 Å². The fraction of sp³-hybridized carbons (Fsp3) is 0.125. The Hall–Kier alpha value is -2.66. The van der Waals surface area contributed by atoms with Crippen LogP contribution in [0, 0.1) is 0 Å². The van der Waals surface area contributed by atoms with Gasteiger partial charge in [-0.3, -0.25) is 4.79 Å². The van der Waals surface area contributed by atoms with Crippen molar-refractivity contribution in [2.24, 2.45) is 5.73 Å². The lowest BCUT2D eigenvalue weighted by Gasteiger charge is -2.14. The molecule has 0 heterocycles. The van der Waals surface area contributed by atoms with E-state index in [-0.39, 0.29) is 5.56 Å². The second kappa shape index (κ2) is 6.67. The van der Waals surface area contributed by atoms with E-state index in [1.165, 1.54) is 7.11 Å². The van der Waals surface area contributed by atoms with Crippen molar-refractivity contribution in [2.45, 2.75) is 6.04 Å². The summed E-state index contributed by atoms with van der Waals surface area (Å²) in [5.41, 5.74) is 7.28. The zero-order valence-corrected chi connectivity index (χ0v) is 11.6. The normalized spacial score (nSPS) is 11.5. The highest BCUT2D eigenvalue weighted by atomic mass is 16.5. The Balaban J connectivity index is 2.19. The van der Waals surface area contributed by atoms with Gasteiger partial charge in [-0.1, -0.05) is 42.5 Å². The van der Waals surface area contributed by atoms with Crippen molar-refractivity contribution in [3.05, 3.63) is 65.7 Å². The van der Waals surface area contributed by atoms with Gasteiger partial charge < -0.3 is 15.8 Å². The second-order valence-electron chi connectivity index (χ2n) is 4.41. The van der Waals surface area contributed by atoms with Gasteiger partial charge in [-0.2, -0.15) is 0 Å². The van der Waals surface area contributed by atoms with Crippen molar-refractivity contribution in [3.8, 4) is 0 Å². The molecule has 5 heteroatoms. The average molecular weight is 284 g/mol. The summed E-state index contributed by atoms with van der Waals surface area (Å²) in [5.74, 6) is -0.906. The summed E-state index contributed by atoms with van der Waals surface area (Å²) in [6.07, 6.45) is 0. The van der Waals surface area contributed by atoms with Crippen LogP contribution in [0.15, 0.2) is 54.6 Å². The van der Waals surface area contributed by atoms with Crippen LogP contribution in [0.25, 0.3) is 0 Å². The van der Waals surface area contributed by atoms with Crippen LogP contribution in [0.3, 0.4) is 0 Å². The van der Waals surface area contributed by atoms with E-state index < -0.39 is 17.9 Å². The predicted octanol–water partition coefficient (Wildman–Crippen LogP) is 2.11. The number of amides is 1. The van der Waals surface area contributed by atoms with Gasteiger partial charge in [0.15, 0.2) is 0 Å². The van der Waals surface area contributed by atoms with Crippen LogP contribution in [0.2, 0.25) is 0 Å². The van der Waals surface area contributed by atoms with E-state index in [4.69, 9.17) is 5.73 Å². The molecule has 0 fully saturated rings. The van der Waals surface area contributed by atoms with Crippen LogP contribution >= 0.6 is 0 Å². The van der Waals surface area contributed by atoms with Gasteiger partial charge in [0.25, 0.3) is 0 Å². The molecule has 21 heavy (non-hydrogen) atoms. The minimum absolute atomic E-state index is 0.286. The molecule has 2 aromatic rings. The maximum atomic E-state index is 12.2. The minimum atomic E-state index is -0.808. The van der Waals surface area contributed by atoms with Gasteiger partial charge in [-0.15, -0.1) is 0 Å². The minimum Gasteiger partial charge on any atom is -0.465 e. The molecule has 0 saturated heterocycles. The first kappa shape index (κ1) is 14.7. The average Bonchev–Trinajstić information content (AvgIpc) is 2.54. The molecule has 5 nitrogen and oxygen atoms in total. The molecule has 0 bridgehead atoms. The third-order valence-electron chi connectivity index (χ3n) is 3.03. The Morgan fingerprint density at radius 1 is 1.05 bits per heavy atom. The van der Waals surface area contributed by atoms with Gasteiger partial charge in [0.1, 0.15) is 6.04 Å². The van der Waals surface area contributed by atoms with Crippen LogP contribution < -0.4 is 11.1 Å². The number of benzene rings is 2. The lowest BCUT2D eigenvalue weighted by molar-refractivity contribution is -0.117. The van der Waals surface area contributed by atoms with E-state index in [1.54, 1.807) is 36.4 Å². The van der Waals surface area contributed by atoms with E-state index in [1.807, 2.05) is 18.2 Å². The molecule has 0 aliphatic rings. The molecular formula is C16H16N2O3. The number of carbonyl (C=O) groups is 2. The smallest absolute Gasteiger partial charge is 0.339 e. The summed E-state index contributed by atoms with van der Waals surface area (Å²) >= 11 is 0. The topological polar surface area (TPSA) is 81.4 Å². The van der Waals surface area contributed by atoms with Gasteiger partial charge >= 0.3 is 5.97 Å². The zero-order valence-electron chi connectivity index (χ0n) is 11.6. The summed E-state index contributed by atoms with van der Waals surface area (Å²) in [4.78, 5) is 23.8. The van der Waals surface area contributed by atoms with Gasteiger partial charge in [0.05, 0.1) is 18.4 Å². The van der Waals surface area contributed by atoms with E-state index >= 15 is 0 Å².